The van der Waals surface area contributed by atoms with Gasteiger partial charge in [0.1, 0.15) is 5.82 Å². The lowest BCUT2D eigenvalue weighted by Crippen LogP contribution is -2.43. The summed E-state index contributed by atoms with van der Waals surface area (Å²) in [7, 11) is 0. The Bertz CT molecular complexity index is 624. The highest BCUT2D eigenvalue weighted by Gasteiger charge is 2.30. The Morgan fingerprint density at radius 1 is 1.41 bits per heavy atom. The van der Waals surface area contributed by atoms with Crippen molar-refractivity contribution < 1.29 is 9.53 Å². The van der Waals surface area contributed by atoms with Gasteiger partial charge in [-0.25, -0.2) is 9.97 Å². The zero-order valence-electron chi connectivity index (χ0n) is 12.7. The number of carbonyl (C=O) groups excluding carboxylic acids is 1. The number of H-pyrrole nitrogens is 1. The van der Waals surface area contributed by atoms with Crippen LogP contribution in [0.1, 0.15) is 47.7 Å². The Hall–Kier alpha value is -2.28. The fourth-order valence-electron chi connectivity index (χ4n) is 2.47. The lowest BCUT2D eigenvalue weighted by molar-refractivity contribution is -0.00396. The monoisotopic (exact) mass is 301 g/mol. The topological polar surface area (TPSA) is 84.0 Å². The summed E-state index contributed by atoms with van der Waals surface area (Å²) in [4.78, 5) is 23.1. The second-order valence-corrected chi connectivity index (χ2v) is 5.59. The first-order valence-corrected chi connectivity index (χ1v) is 7.36. The fourth-order valence-corrected chi connectivity index (χ4v) is 2.47. The highest BCUT2D eigenvalue weighted by atomic mass is 16.5. The van der Waals surface area contributed by atoms with Crippen LogP contribution >= 0.6 is 0 Å². The van der Waals surface area contributed by atoms with Crippen LogP contribution in [0, 0.1) is 0 Å². The molecule has 1 amide bonds. The maximum atomic E-state index is 12.7. The first-order valence-electron chi connectivity index (χ1n) is 7.36. The van der Waals surface area contributed by atoms with Crippen molar-refractivity contribution in [2.75, 3.05) is 19.8 Å². The quantitative estimate of drug-likeness (QED) is 0.929. The van der Waals surface area contributed by atoms with Crippen molar-refractivity contribution in [3.63, 3.8) is 0 Å². The third kappa shape index (κ3) is 2.85. The molecule has 116 valence electrons. The van der Waals surface area contributed by atoms with Gasteiger partial charge in [-0.05, 0) is 6.07 Å². The van der Waals surface area contributed by atoms with Crippen molar-refractivity contribution in [1.29, 1.82) is 0 Å². The highest BCUT2D eigenvalue weighted by Crippen LogP contribution is 2.24. The summed E-state index contributed by atoms with van der Waals surface area (Å²) in [5.74, 6) is 0.895. The average molecular weight is 301 g/mol. The van der Waals surface area contributed by atoms with Gasteiger partial charge in [-0.15, -0.1) is 0 Å². The number of hydrogen-bond acceptors (Lipinski definition) is 5. The number of ether oxygens (including phenoxy) is 1. The molecule has 1 aliphatic rings. The van der Waals surface area contributed by atoms with E-state index in [0.29, 0.717) is 25.3 Å². The molecule has 1 unspecified atom stereocenters. The van der Waals surface area contributed by atoms with Crippen LogP contribution in [0.4, 0.5) is 0 Å². The van der Waals surface area contributed by atoms with E-state index in [4.69, 9.17) is 4.74 Å². The second kappa shape index (κ2) is 6.23. The Morgan fingerprint density at radius 2 is 2.18 bits per heavy atom. The van der Waals surface area contributed by atoms with E-state index in [0.717, 1.165) is 11.5 Å². The molecule has 7 nitrogen and oxygen atoms in total. The number of nitrogens with zero attached hydrogens (tertiary/aromatic N) is 4. The zero-order chi connectivity index (χ0) is 15.5. The van der Waals surface area contributed by atoms with E-state index in [1.165, 1.54) is 0 Å². The number of aromatic amines is 1. The second-order valence-electron chi connectivity index (χ2n) is 5.59. The molecular weight excluding hydrogens is 282 g/mol. The van der Waals surface area contributed by atoms with E-state index in [2.05, 4.69) is 20.2 Å². The van der Waals surface area contributed by atoms with Crippen molar-refractivity contribution in [2.45, 2.75) is 25.8 Å². The lowest BCUT2D eigenvalue weighted by Gasteiger charge is -2.34. The van der Waals surface area contributed by atoms with Gasteiger partial charge in [0.25, 0.3) is 5.91 Å². The standard InChI is InChI=1S/C15H19N5O2/c1-10(2)14-16-7-11(8-17-14)15(21)20-5-6-22-9-13(20)12-3-4-18-19-12/h3-4,7-8,10,13H,5-6,9H2,1-2H3,(H,18,19). The molecule has 7 heteroatoms. The summed E-state index contributed by atoms with van der Waals surface area (Å²) in [5.41, 5.74) is 1.36. The molecule has 1 atom stereocenters. The van der Waals surface area contributed by atoms with Gasteiger partial charge in [0.05, 0.1) is 30.5 Å². The number of rotatable bonds is 3. The molecule has 22 heavy (non-hydrogen) atoms. The van der Waals surface area contributed by atoms with Crippen LogP contribution < -0.4 is 0 Å². The minimum atomic E-state index is -0.159. The van der Waals surface area contributed by atoms with Gasteiger partial charge in [0.2, 0.25) is 0 Å². The molecule has 1 aliphatic heterocycles. The Kier molecular flexibility index (Phi) is 4.15. The number of morpholine rings is 1. The molecule has 1 N–H and O–H groups in total. The third-order valence-corrected chi connectivity index (χ3v) is 3.71. The molecule has 3 heterocycles. The fraction of sp³-hybridized carbons (Fsp3) is 0.467. The summed E-state index contributed by atoms with van der Waals surface area (Å²) >= 11 is 0. The molecule has 1 fully saturated rings. The molecule has 0 bridgehead atoms. The lowest BCUT2D eigenvalue weighted by atomic mass is 10.1. The van der Waals surface area contributed by atoms with E-state index < -0.39 is 0 Å². The van der Waals surface area contributed by atoms with Crippen LogP contribution in [-0.2, 0) is 4.74 Å². The predicted octanol–water partition coefficient (Wildman–Crippen LogP) is 1.54. The summed E-state index contributed by atoms with van der Waals surface area (Å²) in [6.07, 6.45) is 4.88. The summed E-state index contributed by atoms with van der Waals surface area (Å²) < 4.78 is 5.50. The maximum Gasteiger partial charge on any atom is 0.257 e. The van der Waals surface area contributed by atoms with Gasteiger partial charge >= 0.3 is 0 Å². The number of nitrogens with one attached hydrogen (secondary N) is 1. The molecule has 0 saturated carbocycles. The molecule has 0 spiro atoms. The van der Waals surface area contributed by atoms with E-state index in [1.54, 1.807) is 23.5 Å². The summed E-state index contributed by atoms with van der Waals surface area (Å²) in [5, 5.41) is 6.86. The first kappa shape index (κ1) is 14.6. The molecule has 0 radical (unpaired) electrons. The normalized spacial score (nSPS) is 18.7. The van der Waals surface area contributed by atoms with E-state index in [-0.39, 0.29) is 17.9 Å². The Labute approximate surface area is 128 Å². The number of aromatic nitrogens is 4. The highest BCUT2D eigenvalue weighted by molar-refractivity contribution is 5.94. The van der Waals surface area contributed by atoms with E-state index in [1.807, 2.05) is 19.9 Å². The van der Waals surface area contributed by atoms with Gasteiger partial charge < -0.3 is 9.64 Å². The van der Waals surface area contributed by atoms with Gasteiger partial charge in [-0.3, -0.25) is 9.89 Å². The molecule has 0 aliphatic carbocycles. The maximum absolute atomic E-state index is 12.7. The van der Waals surface area contributed by atoms with Gasteiger partial charge in [-0.2, -0.15) is 5.10 Å². The van der Waals surface area contributed by atoms with Crippen molar-refractivity contribution in [1.82, 2.24) is 25.1 Å². The van der Waals surface area contributed by atoms with Crippen molar-refractivity contribution in [2.24, 2.45) is 0 Å². The van der Waals surface area contributed by atoms with Crippen LogP contribution in [-0.4, -0.2) is 50.7 Å². The van der Waals surface area contributed by atoms with Crippen LogP contribution in [0.2, 0.25) is 0 Å². The minimum Gasteiger partial charge on any atom is -0.377 e. The van der Waals surface area contributed by atoms with Crippen molar-refractivity contribution in [3.05, 3.63) is 41.7 Å². The Morgan fingerprint density at radius 3 is 2.82 bits per heavy atom. The molecule has 1 saturated heterocycles. The molecule has 2 aromatic heterocycles. The SMILES string of the molecule is CC(C)c1ncc(C(=O)N2CCOCC2c2ccn[nH]2)cn1. The van der Waals surface area contributed by atoms with Crippen LogP contribution in [0.5, 0.6) is 0 Å². The number of amides is 1. The van der Waals surface area contributed by atoms with Crippen LogP contribution in [0.15, 0.2) is 24.7 Å². The van der Waals surface area contributed by atoms with Crippen molar-refractivity contribution in [3.8, 4) is 0 Å². The predicted molar refractivity (Wildman–Crippen MR) is 79.3 cm³/mol. The third-order valence-electron chi connectivity index (χ3n) is 3.71. The van der Waals surface area contributed by atoms with Crippen LogP contribution in [0.25, 0.3) is 0 Å². The molecular formula is C15H19N5O2. The van der Waals surface area contributed by atoms with E-state index in [9.17, 15) is 4.79 Å². The van der Waals surface area contributed by atoms with Gasteiger partial charge in [0.15, 0.2) is 0 Å². The molecule has 0 aromatic carbocycles. The van der Waals surface area contributed by atoms with E-state index >= 15 is 0 Å². The number of carbonyl (C=O) groups is 1. The van der Waals surface area contributed by atoms with Gasteiger partial charge in [-0.1, -0.05) is 13.8 Å². The largest absolute Gasteiger partial charge is 0.377 e. The molecule has 3 rings (SSSR count). The zero-order valence-corrected chi connectivity index (χ0v) is 12.7. The average Bonchev–Trinajstić information content (AvgIpc) is 3.08. The van der Waals surface area contributed by atoms with Crippen LogP contribution in [0.3, 0.4) is 0 Å². The summed E-state index contributed by atoms with van der Waals surface area (Å²) in [6, 6.07) is 1.70. The van der Waals surface area contributed by atoms with Gasteiger partial charge in [0, 0.05) is 31.1 Å². The minimum absolute atomic E-state index is 0.0850. The first-order chi connectivity index (χ1) is 10.7. The Balaban J connectivity index is 1.82. The number of hydrogen-bond donors (Lipinski definition) is 1. The summed E-state index contributed by atoms with van der Waals surface area (Å²) in [6.45, 7) is 5.56. The van der Waals surface area contributed by atoms with Crippen molar-refractivity contribution >= 4 is 5.91 Å². The smallest absolute Gasteiger partial charge is 0.257 e. The molecule has 2 aromatic rings.